The van der Waals surface area contributed by atoms with Gasteiger partial charge in [-0.05, 0) is 23.8 Å². The standard InChI is InChI=1S/C13H21/c1-5-6-7-11-8-9-12(10-11)13(2,3)4/h8-10H,5-7H2,1-4H3. The minimum absolute atomic E-state index is 0.310. The summed E-state index contributed by atoms with van der Waals surface area (Å²) in [6, 6.07) is 0. The fourth-order valence-electron chi connectivity index (χ4n) is 1.50. The molecule has 0 unspecified atom stereocenters. The molecule has 0 spiro atoms. The molecule has 0 amide bonds. The molecule has 73 valence electrons. The van der Waals surface area contributed by atoms with E-state index in [1.54, 1.807) is 0 Å². The molecule has 0 heteroatoms. The molecule has 0 nitrogen and oxygen atoms in total. The summed E-state index contributed by atoms with van der Waals surface area (Å²) in [4.78, 5) is 0. The summed E-state index contributed by atoms with van der Waals surface area (Å²) in [5.41, 5.74) is 3.29. The Morgan fingerprint density at radius 2 is 1.92 bits per heavy atom. The van der Waals surface area contributed by atoms with Crippen molar-refractivity contribution in [3.63, 3.8) is 0 Å². The predicted molar refractivity (Wildman–Crippen MR) is 59.4 cm³/mol. The zero-order valence-electron chi connectivity index (χ0n) is 9.35. The second-order valence-electron chi connectivity index (χ2n) is 4.86. The van der Waals surface area contributed by atoms with Crippen molar-refractivity contribution in [2.75, 3.05) is 0 Å². The van der Waals surface area contributed by atoms with E-state index >= 15 is 0 Å². The van der Waals surface area contributed by atoms with Crippen molar-refractivity contribution >= 4 is 0 Å². The Morgan fingerprint density at radius 3 is 2.38 bits per heavy atom. The third-order valence-electron chi connectivity index (χ3n) is 2.50. The summed E-state index contributed by atoms with van der Waals surface area (Å²) in [7, 11) is 0. The van der Waals surface area contributed by atoms with Crippen molar-refractivity contribution < 1.29 is 0 Å². The third-order valence-corrected chi connectivity index (χ3v) is 2.50. The molecule has 0 saturated carbocycles. The molecular weight excluding hydrogens is 156 g/mol. The number of rotatable bonds is 3. The van der Waals surface area contributed by atoms with Crippen LogP contribution in [-0.4, -0.2) is 0 Å². The lowest BCUT2D eigenvalue weighted by atomic mass is 9.87. The van der Waals surface area contributed by atoms with E-state index in [1.165, 1.54) is 30.4 Å². The Kier molecular flexibility index (Phi) is 3.35. The van der Waals surface area contributed by atoms with Crippen LogP contribution in [0.5, 0.6) is 0 Å². The molecule has 1 radical (unpaired) electrons. The van der Waals surface area contributed by atoms with Crippen LogP contribution in [0, 0.1) is 11.8 Å². The van der Waals surface area contributed by atoms with Crippen molar-refractivity contribution in [1.29, 1.82) is 0 Å². The molecular formula is C13H21. The van der Waals surface area contributed by atoms with E-state index in [9.17, 15) is 0 Å². The van der Waals surface area contributed by atoms with Gasteiger partial charge in [-0.3, -0.25) is 0 Å². The Morgan fingerprint density at radius 1 is 1.23 bits per heavy atom. The van der Waals surface area contributed by atoms with Gasteiger partial charge in [0, 0.05) is 6.42 Å². The minimum atomic E-state index is 0.310. The fraction of sp³-hybridized carbons (Fsp3) is 0.615. The lowest BCUT2D eigenvalue weighted by molar-refractivity contribution is 0.518. The molecule has 0 saturated heterocycles. The highest BCUT2D eigenvalue weighted by Gasteiger charge is 2.18. The van der Waals surface area contributed by atoms with Gasteiger partial charge in [0.25, 0.3) is 0 Å². The zero-order chi connectivity index (χ0) is 9.90. The van der Waals surface area contributed by atoms with Gasteiger partial charge in [0.05, 0.1) is 0 Å². The highest BCUT2D eigenvalue weighted by molar-refractivity contribution is 5.43. The van der Waals surface area contributed by atoms with Gasteiger partial charge in [0.15, 0.2) is 0 Å². The van der Waals surface area contributed by atoms with Crippen molar-refractivity contribution in [2.45, 2.75) is 47.0 Å². The maximum Gasteiger partial charge on any atom is 0.00866 e. The second-order valence-corrected chi connectivity index (χ2v) is 4.86. The molecule has 0 aromatic rings. The topological polar surface area (TPSA) is 0 Å². The van der Waals surface area contributed by atoms with Crippen LogP contribution in [0.15, 0.2) is 23.3 Å². The van der Waals surface area contributed by atoms with Crippen molar-refractivity contribution in [1.82, 2.24) is 0 Å². The molecule has 0 fully saturated rings. The summed E-state index contributed by atoms with van der Waals surface area (Å²) in [6.45, 7) is 9.05. The van der Waals surface area contributed by atoms with Gasteiger partial charge in [-0.25, -0.2) is 0 Å². The van der Waals surface area contributed by atoms with E-state index in [1.807, 2.05) is 0 Å². The highest BCUT2D eigenvalue weighted by atomic mass is 14.2. The normalized spacial score (nSPS) is 17.2. The first-order valence-electron chi connectivity index (χ1n) is 5.30. The molecule has 0 aromatic carbocycles. The summed E-state index contributed by atoms with van der Waals surface area (Å²) in [5.74, 6) is 0. The van der Waals surface area contributed by atoms with Crippen LogP contribution in [-0.2, 0) is 0 Å². The summed E-state index contributed by atoms with van der Waals surface area (Å²) in [5, 5.41) is 0. The van der Waals surface area contributed by atoms with Gasteiger partial charge < -0.3 is 0 Å². The number of hydrogen-bond acceptors (Lipinski definition) is 0. The average Bonchev–Trinajstić information content (AvgIpc) is 2.47. The van der Waals surface area contributed by atoms with Gasteiger partial charge in [0.2, 0.25) is 0 Å². The third kappa shape index (κ3) is 3.02. The molecule has 1 rings (SSSR count). The second kappa shape index (κ2) is 4.13. The summed E-state index contributed by atoms with van der Waals surface area (Å²) < 4.78 is 0. The SMILES string of the molecule is CCCCC1=CC(C(C)(C)C)=C[CH]1. The summed E-state index contributed by atoms with van der Waals surface area (Å²) >= 11 is 0. The Bertz CT molecular complexity index is 223. The largest absolute Gasteiger partial charge is 0.0727 e. The van der Waals surface area contributed by atoms with Crippen LogP contribution in [0.2, 0.25) is 0 Å². The van der Waals surface area contributed by atoms with Crippen LogP contribution >= 0.6 is 0 Å². The van der Waals surface area contributed by atoms with Gasteiger partial charge in [-0.15, -0.1) is 0 Å². The lowest BCUT2D eigenvalue weighted by Crippen LogP contribution is -2.05. The molecule has 1 aliphatic rings. The monoisotopic (exact) mass is 177 g/mol. The lowest BCUT2D eigenvalue weighted by Gasteiger charge is -2.18. The molecule has 1 aliphatic carbocycles. The van der Waals surface area contributed by atoms with Crippen molar-refractivity contribution in [3.05, 3.63) is 29.7 Å². The Hall–Kier alpha value is -0.520. The maximum atomic E-state index is 2.36. The number of allylic oxidation sites excluding steroid dienone is 4. The number of hydrogen-bond donors (Lipinski definition) is 0. The van der Waals surface area contributed by atoms with Gasteiger partial charge in [-0.1, -0.05) is 51.8 Å². The molecule has 0 aliphatic heterocycles. The molecule has 0 aromatic heterocycles. The van der Waals surface area contributed by atoms with E-state index < -0.39 is 0 Å². The first kappa shape index (κ1) is 10.6. The molecule has 13 heavy (non-hydrogen) atoms. The molecule has 0 N–H and O–H groups in total. The van der Waals surface area contributed by atoms with E-state index in [-0.39, 0.29) is 0 Å². The first-order valence-corrected chi connectivity index (χ1v) is 5.30. The smallest absolute Gasteiger partial charge is 0.00866 e. The molecule has 0 bridgehead atoms. The van der Waals surface area contributed by atoms with E-state index in [2.05, 4.69) is 46.3 Å². The van der Waals surface area contributed by atoms with Crippen LogP contribution in [0.3, 0.4) is 0 Å². The van der Waals surface area contributed by atoms with E-state index in [0.29, 0.717) is 5.41 Å². The quantitative estimate of drug-likeness (QED) is 0.603. The highest BCUT2D eigenvalue weighted by Crippen LogP contribution is 2.33. The fourth-order valence-corrected chi connectivity index (χ4v) is 1.50. The van der Waals surface area contributed by atoms with Crippen LogP contribution < -0.4 is 0 Å². The van der Waals surface area contributed by atoms with Gasteiger partial charge in [0.1, 0.15) is 0 Å². The summed E-state index contributed by atoms with van der Waals surface area (Å²) in [6.07, 6.45) is 10.7. The van der Waals surface area contributed by atoms with E-state index in [0.717, 1.165) is 0 Å². The minimum Gasteiger partial charge on any atom is -0.0727 e. The van der Waals surface area contributed by atoms with Crippen LogP contribution in [0.4, 0.5) is 0 Å². The number of unbranched alkanes of at least 4 members (excludes halogenated alkanes) is 1. The molecule has 0 atom stereocenters. The van der Waals surface area contributed by atoms with Gasteiger partial charge >= 0.3 is 0 Å². The Balaban J connectivity index is 2.51. The molecule has 0 heterocycles. The van der Waals surface area contributed by atoms with Crippen LogP contribution in [0.25, 0.3) is 0 Å². The Labute approximate surface area is 82.7 Å². The average molecular weight is 177 g/mol. The predicted octanol–water partition coefficient (Wildman–Crippen LogP) is 4.29. The van der Waals surface area contributed by atoms with E-state index in [4.69, 9.17) is 0 Å². The van der Waals surface area contributed by atoms with Gasteiger partial charge in [-0.2, -0.15) is 0 Å². The van der Waals surface area contributed by atoms with Crippen molar-refractivity contribution in [2.24, 2.45) is 5.41 Å². The van der Waals surface area contributed by atoms with Crippen molar-refractivity contribution in [3.8, 4) is 0 Å². The first-order chi connectivity index (χ1) is 6.04. The zero-order valence-corrected chi connectivity index (χ0v) is 9.35. The van der Waals surface area contributed by atoms with Crippen LogP contribution in [0.1, 0.15) is 47.0 Å². The maximum absolute atomic E-state index is 2.36.